The molecular weight excluding hydrogens is 471 g/mol. The molecule has 33 heavy (non-hydrogen) atoms. The van der Waals surface area contributed by atoms with Crippen LogP contribution >= 0.6 is 11.8 Å². The van der Waals surface area contributed by atoms with Gasteiger partial charge in [-0.2, -0.15) is 13.2 Å². The second-order valence-electron chi connectivity index (χ2n) is 7.12. The molecule has 172 valence electrons. The lowest BCUT2D eigenvalue weighted by atomic mass is 10.1. The van der Waals surface area contributed by atoms with Gasteiger partial charge in [0.25, 0.3) is 10.0 Å². The summed E-state index contributed by atoms with van der Waals surface area (Å²) in [6.45, 7) is 2.91. The van der Waals surface area contributed by atoms with E-state index in [0.29, 0.717) is 14.8 Å². The maximum absolute atomic E-state index is 13.2. The van der Waals surface area contributed by atoms with E-state index < -0.39 is 27.7 Å². The lowest BCUT2D eigenvalue weighted by Crippen LogP contribution is -2.30. The molecule has 0 N–H and O–H groups in total. The maximum Gasteiger partial charge on any atom is 0.416 e. The molecule has 4 nitrogen and oxygen atoms in total. The molecular formula is C24H20F3NO3S2. The highest BCUT2D eigenvalue weighted by molar-refractivity contribution is 8.08. The molecule has 0 aromatic heterocycles. The number of benzene rings is 3. The van der Waals surface area contributed by atoms with E-state index in [2.05, 4.69) is 0 Å². The zero-order valence-corrected chi connectivity index (χ0v) is 19.3. The quantitative estimate of drug-likeness (QED) is 0.378. The first-order valence-corrected chi connectivity index (χ1v) is 12.0. The molecule has 3 aromatic carbocycles. The number of halogens is 3. The maximum atomic E-state index is 13.2. The van der Waals surface area contributed by atoms with E-state index in [-0.39, 0.29) is 4.90 Å². The van der Waals surface area contributed by atoms with Crippen molar-refractivity contribution in [1.29, 1.82) is 0 Å². The van der Waals surface area contributed by atoms with Crippen LogP contribution in [-0.2, 0) is 21.0 Å². The number of hydrogen-bond acceptors (Lipinski definition) is 4. The van der Waals surface area contributed by atoms with E-state index in [0.717, 1.165) is 47.5 Å². The number of nitrogens with zero attached hydrogens (tertiary/aromatic N) is 1. The number of carbonyl (C=O) groups excluding carboxylic acids is 1. The Morgan fingerprint density at radius 1 is 0.909 bits per heavy atom. The molecule has 0 saturated carbocycles. The summed E-state index contributed by atoms with van der Waals surface area (Å²) in [7, 11) is -4.23. The molecule has 0 aliphatic heterocycles. The van der Waals surface area contributed by atoms with E-state index >= 15 is 0 Å². The van der Waals surface area contributed by atoms with Crippen LogP contribution in [0.3, 0.4) is 0 Å². The zero-order valence-electron chi connectivity index (χ0n) is 17.7. The highest BCUT2D eigenvalue weighted by Crippen LogP contribution is 2.37. The van der Waals surface area contributed by atoms with E-state index in [4.69, 9.17) is 0 Å². The summed E-state index contributed by atoms with van der Waals surface area (Å²) >= 11 is 1.14. The second-order valence-corrected chi connectivity index (χ2v) is 10.0. The standard InChI is InChI=1S/C24H20F3NO3S2/c1-17-8-14-22(15-9-17)33(30,31)28(18(2)29)16-23(32-21-6-4-3-5-7-21)19-10-12-20(13-11-19)24(25,26)27/h3-16H,1-2H3/b23-16-. The predicted octanol–water partition coefficient (Wildman–Crippen LogP) is 6.34. The Morgan fingerprint density at radius 2 is 1.48 bits per heavy atom. The summed E-state index contributed by atoms with van der Waals surface area (Å²) in [5.41, 5.74) is 0.358. The number of alkyl halides is 3. The second kappa shape index (κ2) is 9.84. The van der Waals surface area contributed by atoms with Gasteiger partial charge >= 0.3 is 6.18 Å². The first kappa shape index (κ1) is 24.6. The first-order valence-electron chi connectivity index (χ1n) is 9.72. The Balaban J connectivity index is 2.11. The zero-order chi connectivity index (χ0) is 24.2. The fourth-order valence-electron chi connectivity index (χ4n) is 2.86. The third-order valence-corrected chi connectivity index (χ3v) is 7.41. The molecule has 3 rings (SSSR count). The van der Waals surface area contributed by atoms with Crippen LogP contribution in [0.2, 0.25) is 0 Å². The smallest absolute Gasteiger partial charge is 0.274 e. The van der Waals surface area contributed by atoms with E-state index in [9.17, 15) is 26.4 Å². The molecule has 0 aliphatic rings. The summed E-state index contributed by atoms with van der Waals surface area (Å²) in [4.78, 5) is 13.3. The number of aryl methyl sites for hydroxylation is 1. The number of thioether (sulfide) groups is 1. The van der Waals surface area contributed by atoms with Crippen molar-refractivity contribution in [3.05, 3.63) is 102 Å². The van der Waals surface area contributed by atoms with Gasteiger partial charge in [-0.3, -0.25) is 4.79 Å². The summed E-state index contributed by atoms with van der Waals surface area (Å²) < 4.78 is 66.0. The van der Waals surface area contributed by atoms with Crippen molar-refractivity contribution < 1.29 is 26.4 Å². The van der Waals surface area contributed by atoms with Gasteiger partial charge in [-0.1, -0.05) is 59.8 Å². The Kier molecular flexibility index (Phi) is 7.34. The normalized spacial score (nSPS) is 12.5. The van der Waals surface area contributed by atoms with Crippen LogP contribution in [0, 0.1) is 6.92 Å². The summed E-state index contributed by atoms with van der Waals surface area (Å²) in [5.74, 6) is -0.756. The van der Waals surface area contributed by atoms with Crippen LogP contribution < -0.4 is 0 Å². The lowest BCUT2D eigenvalue weighted by Gasteiger charge is -2.19. The van der Waals surface area contributed by atoms with Gasteiger partial charge in [-0.05, 0) is 48.9 Å². The molecule has 1 amide bonds. The third-order valence-electron chi connectivity index (χ3n) is 4.59. The van der Waals surface area contributed by atoms with Gasteiger partial charge in [0, 0.05) is 22.9 Å². The van der Waals surface area contributed by atoms with E-state index in [1.165, 1.54) is 24.3 Å². The van der Waals surface area contributed by atoms with E-state index in [1.54, 1.807) is 49.4 Å². The van der Waals surface area contributed by atoms with Crippen molar-refractivity contribution in [2.45, 2.75) is 29.8 Å². The van der Waals surface area contributed by atoms with Crippen LogP contribution in [0.1, 0.15) is 23.6 Å². The summed E-state index contributed by atoms with van der Waals surface area (Å²) in [6.07, 6.45) is -3.35. The molecule has 0 heterocycles. The van der Waals surface area contributed by atoms with Crippen LogP contribution in [-0.4, -0.2) is 18.6 Å². The van der Waals surface area contributed by atoms with Crippen molar-refractivity contribution in [1.82, 2.24) is 4.31 Å². The molecule has 0 fully saturated rings. The van der Waals surface area contributed by atoms with Gasteiger partial charge < -0.3 is 0 Å². The average Bonchev–Trinajstić information content (AvgIpc) is 2.76. The Morgan fingerprint density at radius 3 is 2.00 bits per heavy atom. The van der Waals surface area contributed by atoms with Crippen molar-refractivity contribution in [2.24, 2.45) is 0 Å². The van der Waals surface area contributed by atoms with Gasteiger partial charge in [0.1, 0.15) is 0 Å². The third kappa shape index (κ3) is 6.06. The number of amides is 1. The van der Waals surface area contributed by atoms with Crippen molar-refractivity contribution in [2.75, 3.05) is 0 Å². The first-order chi connectivity index (χ1) is 15.5. The Hall–Kier alpha value is -3.04. The van der Waals surface area contributed by atoms with Crippen LogP contribution in [0.4, 0.5) is 13.2 Å². The molecule has 3 aromatic rings. The average molecular weight is 492 g/mol. The highest BCUT2D eigenvalue weighted by Gasteiger charge is 2.30. The van der Waals surface area contributed by atoms with Crippen LogP contribution in [0.15, 0.2) is 94.9 Å². The lowest BCUT2D eigenvalue weighted by molar-refractivity contribution is -0.137. The monoisotopic (exact) mass is 491 g/mol. The van der Waals surface area contributed by atoms with Crippen molar-refractivity contribution >= 4 is 32.6 Å². The number of rotatable bonds is 6. The highest BCUT2D eigenvalue weighted by atomic mass is 32.2. The molecule has 0 spiro atoms. The fraction of sp³-hybridized carbons (Fsp3) is 0.125. The fourth-order valence-corrected chi connectivity index (χ4v) is 5.17. The minimum Gasteiger partial charge on any atom is -0.274 e. The van der Waals surface area contributed by atoms with Gasteiger partial charge in [0.15, 0.2) is 0 Å². The summed E-state index contributed by atoms with van der Waals surface area (Å²) in [5, 5.41) is 0. The van der Waals surface area contributed by atoms with Crippen LogP contribution in [0.5, 0.6) is 0 Å². The van der Waals surface area contributed by atoms with E-state index in [1.807, 2.05) is 0 Å². The van der Waals surface area contributed by atoms with Gasteiger partial charge in [-0.25, -0.2) is 12.7 Å². The largest absolute Gasteiger partial charge is 0.416 e. The van der Waals surface area contributed by atoms with Gasteiger partial charge in [-0.15, -0.1) is 0 Å². The molecule has 0 atom stereocenters. The molecule has 0 unspecified atom stereocenters. The Labute approximate surface area is 194 Å². The SMILES string of the molecule is CC(=O)N(/C=C(\Sc1ccccc1)c1ccc(C(F)(F)F)cc1)S(=O)(=O)c1ccc(C)cc1. The minimum atomic E-state index is -4.50. The number of carbonyl (C=O) groups is 1. The van der Waals surface area contributed by atoms with Crippen LogP contribution in [0.25, 0.3) is 4.91 Å². The molecule has 9 heteroatoms. The molecule has 0 bridgehead atoms. The van der Waals surface area contributed by atoms with Crippen molar-refractivity contribution in [3.63, 3.8) is 0 Å². The molecule has 0 radical (unpaired) electrons. The van der Waals surface area contributed by atoms with Gasteiger partial charge in [0.2, 0.25) is 5.91 Å². The molecule has 0 saturated heterocycles. The van der Waals surface area contributed by atoms with Crippen molar-refractivity contribution in [3.8, 4) is 0 Å². The number of hydrogen-bond donors (Lipinski definition) is 0. The predicted molar refractivity (Wildman–Crippen MR) is 123 cm³/mol. The topological polar surface area (TPSA) is 54.5 Å². The summed E-state index contributed by atoms with van der Waals surface area (Å²) in [6, 6.07) is 19.3. The number of sulfonamides is 1. The molecule has 0 aliphatic carbocycles. The minimum absolute atomic E-state index is 0.0731. The Bertz CT molecular complexity index is 1250. The van der Waals surface area contributed by atoms with Gasteiger partial charge in [0.05, 0.1) is 10.5 Å².